The third kappa shape index (κ3) is 4.19. The van der Waals surface area contributed by atoms with Gasteiger partial charge >= 0.3 is 6.18 Å². The van der Waals surface area contributed by atoms with Crippen LogP contribution >= 0.6 is 0 Å². The van der Waals surface area contributed by atoms with E-state index in [4.69, 9.17) is 4.52 Å². The van der Waals surface area contributed by atoms with Crippen LogP contribution in [0.2, 0.25) is 0 Å². The van der Waals surface area contributed by atoms with E-state index in [0.717, 1.165) is 37.3 Å². The molecule has 5 nitrogen and oxygen atoms in total. The first-order chi connectivity index (χ1) is 11.8. The second-order valence-corrected chi connectivity index (χ2v) is 6.49. The van der Waals surface area contributed by atoms with Crippen LogP contribution in [0.3, 0.4) is 0 Å². The fourth-order valence-corrected chi connectivity index (χ4v) is 2.95. The summed E-state index contributed by atoms with van der Waals surface area (Å²) in [6.07, 6.45) is -3.77. The zero-order valence-electron chi connectivity index (χ0n) is 14.2. The van der Waals surface area contributed by atoms with Gasteiger partial charge in [0.05, 0.1) is 11.6 Å². The predicted molar refractivity (Wildman–Crippen MR) is 86.1 cm³/mol. The van der Waals surface area contributed by atoms with Crippen molar-refractivity contribution in [2.75, 3.05) is 26.7 Å². The van der Waals surface area contributed by atoms with Crippen molar-refractivity contribution < 1.29 is 17.7 Å². The number of nitrogens with one attached hydrogen (secondary N) is 1. The minimum absolute atomic E-state index is 0.0696. The smallest absolute Gasteiger partial charge is 0.339 e. The molecule has 0 radical (unpaired) electrons. The summed E-state index contributed by atoms with van der Waals surface area (Å²) in [5.74, 6) is 1.08. The average molecular weight is 354 g/mol. The molecule has 1 aliphatic heterocycles. The lowest BCUT2D eigenvalue weighted by Gasteiger charge is -2.30. The predicted octanol–water partition coefficient (Wildman–Crippen LogP) is 3.01. The number of hydrogen-bond donors (Lipinski definition) is 1. The van der Waals surface area contributed by atoms with Gasteiger partial charge in [0.15, 0.2) is 5.82 Å². The Hall–Kier alpha value is -1.93. The van der Waals surface area contributed by atoms with Gasteiger partial charge in [-0.15, -0.1) is 0 Å². The van der Waals surface area contributed by atoms with Crippen LogP contribution in [-0.4, -0.2) is 41.7 Å². The lowest BCUT2D eigenvalue weighted by molar-refractivity contribution is -0.137. The van der Waals surface area contributed by atoms with Crippen LogP contribution in [0, 0.1) is 0 Å². The SMILES string of the molecule is CC(Cc1ccc(C(F)(F)F)cc1)c1nc(C2CNCCN2C)no1. The van der Waals surface area contributed by atoms with Gasteiger partial charge in [-0.1, -0.05) is 24.2 Å². The molecule has 8 heteroatoms. The van der Waals surface area contributed by atoms with Gasteiger partial charge in [-0.05, 0) is 31.2 Å². The van der Waals surface area contributed by atoms with Gasteiger partial charge in [0, 0.05) is 25.6 Å². The Balaban J connectivity index is 1.66. The molecule has 0 bridgehead atoms. The Kier molecular flexibility index (Phi) is 5.10. The number of alkyl halides is 3. The molecule has 1 N–H and O–H groups in total. The summed E-state index contributed by atoms with van der Waals surface area (Å²) in [5.41, 5.74) is 0.161. The number of hydrogen-bond acceptors (Lipinski definition) is 5. The van der Waals surface area contributed by atoms with Crippen LogP contribution in [0.15, 0.2) is 28.8 Å². The first kappa shape index (κ1) is 17.9. The summed E-state index contributed by atoms with van der Waals surface area (Å²) in [6, 6.07) is 5.27. The van der Waals surface area contributed by atoms with Gasteiger partial charge in [0.2, 0.25) is 5.89 Å². The standard InChI is InChI=1S/C17H21F3N4O/c1-11(9-12-3-5-13(6-4-12)17(18,19)20)16-22-15(23-25-16)14-10-21-7-8-24(14)2/h3-6,11,14,21H,7-10H2,1-2H3. The van der Waals surface area contributed by atoms with E-state index in [1.165, 1.54) is 12.1 Å². The van der Waals surface area contributed by atoms with E-state index in [2.05, 4.69) is 20.4 Å². The summed E-state index contributed by atoms with van der Waals surface area (Å²) < 4.78 is 43.2. The number of benzene rings is 1. The Morgan fingerprint density at radius 3 is 2.68 bits per heavy atom. The highest BCUT2D eigenvalue weighted by Gasteiger charge is 2.30. The largest absolute Gasteiger partial charge is 0.416 e. The summed E-state index contributed by atoms with van der Waals surface area (Å²) in [7, 11) is 2.02. The van der Waals surface area contributed by atoms with Crippen molar-refractivity contribution in [3.63, 3.8) is 0 Å². The minimum Gasteiger partial charge on any atom is -0.339 e. The van der Waals surface area contributed by atoms with Gasteiger partial charge in [0.1, 0.15) is 0 Å². The topological polar surface area (TPSA) is 54.2 Å². The Bertz CT molecular complexity index is 699. The molecule has 2 unspecified atom stereocenters. The van der Waals surface area contributed by atoms with Crippen molar-refractivity contribution >= 4 is 0 Å². The molecule has 0 aliphatic carbocycles. The van der Waals surface area contributed by atoms with Crippen LogP contribution < -0.4 is 5.32 Å². The van der Waals surface area contributed by atoms with Gasteiger partial charge in [-0.3, -0.25) is 4.90 Å². The monoisotopic (exact) mass is 354 g/mol. The zero-order valence-corrected chi connectivity index (χ0v) is 14.2. The Labute approximate surface area is 144 Å². The van der Waals surface area contributed by atoms with E-state index in [1.807, 2.05) is 14.0 Å². The van der Waals surface area contributed by atoms with Crippen LogP contribution in [-0.2, 0) is 12.6 Å². The number of halogens is 3. The van der Waals surface area contributed by atoms with Crippen molar-refractivity contribution in [3.8, 4) is 0 Å². The second kappa shape index (κ2) is 7.13. The number of rotatable bonds is 4. The Morgan fingerprint density at radius 2 is 2.04 bits per heavy atom. The third-order valence-electron chi connectivity index (χ3n) is 4.51. The molecule has 136 valence electrons. The van der Waals surface area contributed by atoms with Crippen LogP contribution in [0.25, 0.3) is 0 Å². The maximum Gasteiger partial charge on any atom is 0.416 e. The molecule has 0 saturated carbocycles. The van der Waals surface area contributed by atoms with Crippen LogP contribution in [0.1, 0.15) is 41.7 Å². The van der Waals surface area contributed by atoms with Crippen LogP contribution in [0.4, 0.5) is 13.2 Å². The van der Waals surface area contributed by atoms with E-state index in [1.54, 1.807) is 0 Å². The fourth-order valence-electron chi connectivity index (χ4n) is 2.95. The summed E-state index contributed by atoms with van der Waals surface area (Å²) in [6.45, 7) is 4.54. The highest BCUT2D eigenvalue weighted by atomic mass is 19.4. The Morgan fingerprint density at radius 1 is 1.32 bits per heavy atom. The molecule has 3 rings (SSSR count). The van der Waals surface area contributed by atoms with Gasteiger partial charge in [-0.25, -0.2) is 0 Å². The molecule has 1 fully saturated rings. The van der Waals surface area contributed by atoms with Gasteiger partial charge < -0.3 is 9.84 Å². The van der Waals surface area contributed by atoms with E-state index in [9.17, 15) is 13.2 Å². The average Bonchev–Trinajstić information content (AvgIpc) is 3.05. The van der Waals surface area contributed by atoms with Crippen molar-refractivity contribution in [1.82, 2.24) is 20.4 Å². The number of piperazine rings is 1. The first-order valence-electron chi connectivity index (χ1n) is 8.25. The normalized spacial score (nSPS) is 20.6. The molecule has 2 atom stereocenters. The maximum absolute atomic E-state index is 12.6. The third-order valence-corrected chi connectivity index (χ3v) is 4.51. The highest BCUT2D eigenvalue weighted by Crippen LogP contribution is 2.30. The molecule has 2 heterocycles. The summed E-state index contributed by atoms with van der Waals surface area (Å²) in [5, 5.41) is 7.39. The van der Waals surface area contributed by atoms with Crippen LogP contribution in [0.5, 0.6) is 0 Å². The lowest BCUT2D eigenvalue weighted by Crippen LogP contribution is -2.44. The van der Waals surface area contributed by atoms with E-state index in [-0.39, 0.29) is 12.0 Å². The van der Waals surface area contributed by atoms with E-state index >= 15 is 0 Å². The number of likely N-dealkylation sites (N-methyl/N-ethyl adjacent to an activating group) is 1. The van der Waals surface area contributed by atoms with E-state index < -0.39 is 11.7 Å². The van der Waals surface area contributed by atoms with Crippen molar-refractivity contribution in [1.29, 1.82) is 0 Å². The molecule has 25 heavy (non-hydrogen) atoms. The van der Waals surface area contributed by atoms with Crippen molar-refractivity contribution in [2.45, 2.75) is 31.5 Å². The number of aromatic nitrogens is 2. The van der Waals surface area contributed by atoms with Gasteiger partial charge in [-0.2, -0.15) is 18.2 Å². The minimum atomic E-state index is -4.31. The van der Waals surface area contributed by atoms with Crippen molar-refractivity contribution in [3.05, 3.63) is 47.1 Å². The molecule has 0 spiro atoms. The zero-order chi connectivity index (χ0) is 18.0. The summed E-state index contributed by atoms with van der Waals surface area (Å²) >= 11 is 0. The molecule has 1 aliphatic rings. The van der Waals surface area contributed by atoms with Crippen molar-refractivity contribution in [2.24, 2.45) is 0 Å². The maximum atomic E-state index is 12.6. The molecular formula is C17H21F3N4O. The molecule has 1 aromatic carbocycles. The fraction of sp³-hybridized carbons (Fsp3) is 0.529. The second-order valence-electron chi connectivity index (χ2n) is 6.49. The van der Waals surface area contributed by atoms with Gasteiger partial charge in [0.25, 0.3) is 0 Å². The molecule has 1 saturated heterocycles. The number of nitrogens with zero attached hydrogens (tertiary/aromatic N) is 3. The highest BCUT2D eigenvalue weighted by molar-refractivity contribution is 5.25. The molecular weight excluding hydrogens is 333 g/mol. The lowest BCUT2D eigenvalue weighted by atomic mass is 10.00. The molecule has 0 amide bonds. The molecule has 2 aromatic rings. The summed E-state index contributed by atoms with van der Waals surface area (Å²) in [4.78, 5) is 6.67. The molecule has 1 aromatic heterocycles. The quantitative estimate of drug-likeness (QED) is 0.915. The van der Waals surface area contributed by atoms with E-state index in [0.29, 0.717) is 18.1 Å². The first-order valence-corrected chi connectivity index (χ1v) is 8.25.